The fraction of sp³-hybridized carbons (Fsp3) is 0.914. The minimum absolute atomic E-state index is 0.203. The standard InChI is InChI=1S/C35H64O8/c1-3-4-5-6-7-8-9-10-11-12-19-31(39)33-22-23-34(43-33)32(40)21-20-29(37)17-13-15-28(36)16-14-18-30(38)25-27-24-26(2)42-35(27)41/h24,26,28-34,36-40H,3-23,25H2,1-2H3/t26-,28-,29-,30-,31-,32-,33+,34-/m1/s1. The second-order valence-corrected chi connectivity index (χ2v) is 13.3. The third-order valence-corrected chi connectivity index (χ3v) is 9.19. The third-order valence-electron chi connectivity index (χ3n) is 9.19. The molecule has 2 aliphatic rings. The Hall–Kier alpha value is -1.03. The van der Waals surface area contributed by atoms with Gasteiger partial charge in [0.1, 0.15) is 6.10 Å². The fourth-order valence-electron chi connectivity index (χ4n) is 6.44. The van der Waals surface area contributed by atoms with Crippen LogP contribution >= 0.6 is 0 Å². The van der Waals surface area contributed by atoms with Crippen molar-refractivity contribution in [3.8, 4) is 0 Å². The molecule has 43 heavy (non-hydrogen) atoms. The highest BCUT2D eigenvalue weighted by Gasteiger charge is 2.34. The highest BCUT2D eigenvalue weighted by molar-refractivity contribution is 5.90. The van der Waals surface area contributed by atoms with Gasteiger partial charge in [-0.2, -0.15) is 0 Å². The summed E-state index contributed by atoms with van der Waals surface area (Å²) in [5.74, 6) is -0.355. The summed E-state index contributed by atoms with van der Waals surface area (Å²) in [5.41, 5.74) is 0.524. The molecule has 8 nitrogen and oxygen atoms in total. The van der Waals surface area contributed by atoms with E-state index < -0.39 is 30.5 Å². The Morgan fingerprint density at radius 3 is 1.67 bits per heavy atom. The minimum Gasteiger partial charge on any atom is -0.455 e. The Bertz CT molecular complexity index is 758. The van der Waals surface area contributed by atoms with Crippen molar-refractivity contribution < 1.29 is 39.8 Å². The van der Waals surface area contributed by atoms with Crippen molar-refractivity contribution >= 4 is 5.97 Å². The van der Waals surface area contributed by atoms with E-state index >= 15 is 0 Å². The molecular weight excluding hydrogens is 548 g/mol. The molecule has 8 atom stereocenters. The average Bonchev–Trinajstić information content (AvgIpc) is 3.59. The largest absolute Gasteiger partial charge is 0.455 e. The van der Waals surface area contributed by atoms with E-state index in [1.807, 2.05) is 0 Å². The van der Waals surface area contributed by atoms with Crippen molar-refractivity contribution in [2.75, 3.05) is 0 Å². The normalized spacial score (nSPS) is 24.0. The van der Waals surface area contributed by atoms with Gasteiger partial charge in [0.05, 0.1) is 42.7 Å². The number of carbonyl (C=O) groups is 1. The van der Waals surface area contributed by atoms with E-state index in [1.54, 1.807) is 13.0 Å². The van der Waals surface area contributed by atoms with Crippen LogP contribution in [-0.4, -0.2) is 80.3 Å². The van der Waals surface area contributed by atoms with Gasteiger partial charge in [-0.3, -0.25) is 0 Å². The molecule has 0 spiro atoms. The summed E-state index contributed by atoms with van der Waals surface area (Å²) < 4.78 is 11.1. The predicted molar refractivity (Wildman–Crippen MR) is 170 cm³/mol. The van der Waals surface area contributed by atoms with Gasteiger partial charge in [0.2, 0.25) is 0 Å². The number of esters is 1. The van der Waals surface area contributed by atoms with Gasteiger partial charge in [-0.15, -0.1) is 0 Å². The SMILES string of the molecule is CCCCCCCCCCCC[C@@H](O)[C@@H]1CC[C@H]([C@H](O)CC[C@H](O)CCC[C@@H](O)CCC[C@@H](O)CC2=C[C@@H](C)OC2=O)O1. The molecule has 0 unspecified atom stereocenters. The molecular formula is C35H64O8. The molecule has 0 amide bonds. The summed E-state index contributed by atoms with van der Waals surface area (Å²) in [4.78, 5) is 11.7. The predicted octanol–water partition coefficient (Wildman–Crippen LogP) is 6.03. The van der Waals surface area contributed by atoms with Gasteiger partial charge in [-0.05, 0) is 83.6 Å². The summed E-state index contributed by atoms with van der Waals surface area (Å²) in [5, 5.41) is 52.1. The average molecular weight is 613 g/mol. The van der Waals surface area contributed by atoms with Crippen molar-refractivity contribution in [3.05, 3.63) is 11.6 Å². The molecule has 1 saturated heterocycles. The van der Waals surface area contributed by atoms with Crippen molar-refractivity contribution in [2.45, 2.75) is 204 Å². The first-order valence-electron chi connectivity index (χ1n) is 17.7. The summed E-state index contributed by atoms with van der Waals surface area (Å²) in [7, 11) is 0. The lowest BCUT2D eigenvalue weighted by atomic mass is 9.98. The zero-order valence-corrected chi connectivity index (χ0v) is 27.2. The van der Waals surface area contributed by atoms with Crippen molar-refractivity contribution in [3.63, 3.8) is 0 Å². The Morgan fingerprint density at radius 2 is 1.14 bits per heavy atom. The molecule has 0 aromatic rings. The molecule has 8 heteroatoms. The Kier molecular flexibility index (Phi) is 19.9. The van der Waals surface area contributed by atoms with Crippen LogP contribution in [0.1, 0.15) is 155 Å². The van der Waals surface area contributed by atoms with Crippen LogP contribution in [-0.2, 0) is 14.3 Å². The van der Waals surface area contributed by atoms with Crippen LogP contribution in [0.5, 0.6) is 0 Å². The molecule has 0 saturated carbocycles. The molecule has 2 rings (SSSR count). The zero-order valence-electron chi connectivity index (χ0n) is 27.2. The van der Waals surface area contributed by atoms with Gasteiger partial charge in [-0.25, -0.2) is 4.79 Å². The fourth-order valence-corrected chi connectivity index (χ4v) is 6.44. The molecule has 252 valence electrons. The molecule has 0 radical (unpaired) electrons. The topological polar surface area (TPSA) is 137 Å². The van der Waals surface area contributed by atoms with E-state index in [9.17, 15) is 30.3 Å². The lowest BCUT2D eigenvalue weighted by Gasteiger charge is -2.23. The maximum absolute atomic E-state index is 11.7. The number of unbranched alkanes of at least 4 members (excludes halogenated alkanes) is 9. The van der Waals surface area contributed by atoms with E-state index in [2.05, 4.69) is 6.92 Å². The van der Waals surface area contributed by atoms with Crippen LogP contribution < -0.4 is 0 Å². The van der Waals surface area contributed by atoms with E-state index in [0.717, 1.165) is 32.1 Å². The van der Waals surface area contributed by atoms with Crippen LogP contribution in [0, 0.1) is 0 Å². The van der Waals surface area contributed by atoms with E-state index in [1.165, 1.54) is 51.4 Å². The summed E-state index contributed by atoms with van der Waals surface area (Å²) in [6, 6.07) is 0. The van der Waals surface area contributed by atoms with Gasteiger partial charge in [0.15, 0.2) is 0 Å². The van der Waals surface area contributed by atoms with Gasteiger partial charge in [0, 0.05) is 12.0 Å². The molecule has 1 fully saturated rings. The van der Waals surface area contributed by atoms with Crippen LogP contribution in [0.15, 0.2) is 11.6 Å². The Morgan fingerprint density at radius 1 is 0.651 bits per heavy atom. The monoisotopic (exact) mass is 612 g/mol. The van der Waals surface area contributed by atoms with Crippen LogP contribution in [0.3, 0.4) is 0 Å². The molecule has 2 heterocycles. The number of hydrogen-bond acceptors (Lipinski definition) is 8. The number of rotatable bonds is 26. The molecule has 0 bridgehead atoms. The minimum atomic E-state index is -0.647. The first kappa shape index (κ1) is 38.2. The second kappa shape index (κ2) is 22.5. The molecule has 0 aromatic carbocycles. The summed E-state index contributed by atoms with van der Waals surface area (Å²) in [6.45, 7) is 4.04. The van der Waals surface area contributed by atoms with Crippen molar-refractivity contribution in [1.82, 2.24) is 0 Å². The number of aliphatic hydroxyl groups is 5. The summed E-state index contributed by atoms with van der Waals surface area (Å²) >= 11 is 0. The van der Waals surface area contributed by atoms with Gasteiger partial charge < -0.3 is 35.0 Å². The highest BCUT2D eigenvalue weighted by Crippen LogP contribution is 2.28. The van der Waals surface area contributed by atoms with E-state index in [4.69, 9.17) is 9.47 Å². The second-order valence-electron chi connectivity index (χ2n) is 13.3. The highest BCUT2D eigenvalue weighted by atomic mass is 16.5. The smallest absolute Gasteiger partial charge is 0.334 e. The molecule has 5 N–H and O–H groups in total. The third kappa shape index (κ3) is 16.7. The van der Waals surface area contributed by atoms with E-state index in [-0.39, 0.29) is 30.7 Å². The number of hydrogen-bond donors (Lipinski definition) is 5. The van der Waals surface area contributed by atoms with Gasteiger partial charge in [0.25, 0.3) is 0 Å². The van der Waals surface area contributed by atoms with Crippen molar-refractivity contribution in [1.29, 1.82) is 0 Å². The lowest BCUT2D eigenvalue weighted by molar-refractivity contribution is -0.139. The maximum Gasteiger partial charge on any atom is 0.334 e. The Labute approximate surface area is 261 Å². The number of ether oxygens (including phenoxy) is 2. The van der Waals surface area contributed by atoms with Gasteiger partial charge >= 0.3 is 5.97 Å². The number of carbonyl (C=O) groups excluding carboxylic acids is 1. The Balaban J connectivity index is 1.45. The zero-order chi connectivity index (χ0) is 31.5. The maximum atomic E-state index is 11.7. The molecule has 2 aliphatic heterocycles. The van der Waals surface area contributed by atoms with Gasteiger partial charge in [-0.1, -0.05) is 71.1 Å². The van der Waals surface area contributed by atoms with Crippen molar-refractivity contribution in [2.24, 2.45) is 0 Å². The number of cyclic esters (lactones) is 1. The quantitative estimate of drug-likeness (QED) is 0.0590. The lowest BCUT2D eigenvalue weighted by Crippen LogP contribution is -2.31. The van der Waals surface area contributed by atoms with Crippen LogP contribution in [0.2, 0.25) is 0 Å². The van der Waals surface area contributed by atoms with E-state index in [0.29, 0.717) is 56.9 Å². The number of aliphatic hydroxyl groups excluding tert-OH is 5. The molecule has 0 aromatic heterocycles. The first-order chi connectivity index (χ1) is 20.7. The summed E-state index contributed by atoms with van der Waals surface area (Å²) in [6.07, 6.45) is 18.0. The molecule has 0 aliphatic carbocycles. The first-order valence-corrected chi connectivity index (χ1v) is 17.7. The van der Waals surface area contributed by atoms with Crippen LogP contribution in [0.25, 0.3) is 0 Å². The van der Waals surface area contributed by atoms with Crippen LogP contribution in [0.4, 0.5) is 0 Å².